The maximum atomic E-state index is 11.5. The van der Waals surface area contributed by atoms with Crippen molar-refractivity contribution in [3.8, 4) is 0 Å². The molecule has 120 valence electrons. The summed E-state index contributed by atoms with van der Waals surface area (Å²) in [6.45, 7) is 4.51. The predicted molar refractivity (Wildman–Crippen MR) is 78.7 cm³/mol. The lowest BCUT2D eigenvalue weighted by Crippen LogP contribution is -2.52. The van der Waals surface area contributed by atoms with Crippen molar-refractivity contribution in [2.24, 2.45) is 0 Å². The van der Waals surface area contributed by atoms with Crippen molar-refractivity contribution in [3.05, 3.63) is 29.8 Å². The van der Waals surface area contributed by atoms with Gasteiger partial charge in [-0.05, 0) is 31.5 Å². The van der Waals surface area contributed by atoms with Crippen LogP contribution in [0, 0.1) is 0 Å². The van der Waals surface area contributed by atoms with Crippen LogP contribution in [0.15, 0.2) is 24.3 Å². The molecule has 7 nitrogen and oxygen atoms in total. The fraction of sp³-hybridized carbons (Fsp3) is 0.400. The Morgan fingerprint density at radius 3 is 2.00 bits per heavy atom. The Bertz CT molecular complexity index is 550. The molecule has 1 aromatic rings. The molecule has 0 heterocycles. The second-order valence-electron chi connectivity index (χ2n) is 5.16. The van der Waals surface area contributed by atoms with Gasteiger partial charge in [0.25, 0.3) is 5.60 Å². The maximum Gasteiger partial charge on any atom is 0.348 e. The normalized spacial score (nSPS) is 11.3. The fourth-order valence-electron chi connectivity index (χ4n) is 1.98. The zero-order valence-corrected chi connectivity index (χ0v) is 12.6. The molecular formula is C15H19NO6. The summed E-state index contributed by atoms with van der Waals surface area (Å²) < 4.78 is 5.19. The quantitative estimate of drug-likeness (QED) is 0.658. The third kappa shape index (κ3) is 4.29. The molecule has 3 N–H and O–H groups in total. The van der Waals surface area contributed by atoms with E-state index in [9.17, 15) is 24.6 Å². The van der Waals surface area contributed by atoms with Crippen molar-refractivity contribution < 1.29 is 29.3 Å². The molecule has 0 aromatic heterocycles. The lowest BCUT2D eigenvalue weighted by Gasteiger charge is -2.27. The van der Waals surface area contributed by atoms with E-state index in [-0.39, 0.29) is 12.3 Å². The van der Waals surface area contributed by atoms with Crippen LogP contribution in [0.1, 0.15) is 26.3 Å². The van der Waals surface area contributed by atoms with Crippen LogP contribution in [-0.2, 0) is 25.5 Å². The number of anilines is 1. The first-order valence-corrected chi connectivity index (χ1v) is 6.68. The fourth-order valence-corrected chi connectivity index (χ4v) is 1.98. The van der Waals surface area contributed by atoms with Crippen molar-refractivity contribution in [3.63, 3.8) is 0 Å². The Morgan fingerprint density at radius 2 is 1.64 bits per heavy atom. The van der Waals surface area contributed by atoms with Gasteiger partial charge in [-0.2, -0.15) is 0 Å². The van der Waals surface area contributed by atoms with Gasteiger partial charge in [-0.3, -0.25) is 4.79 Å². The number of carboxylic acids is 2. The number of hydrogen-bond acceptors (Lipinski definition) is 4. The molecule has 1 amide bonds. The molecule has 0 unspecified atom stereocenters. The van der Waals surface area contributed by atoms with Crippen molar-refractivity contribution in [2.75, 3.05) is 5.32 Å². The molecule has 0 bridgehead atoms. The Kier molecular flexibility index (Phi) is 5.64. The van der Waals surface area contributed by atoms with Gasteiger partial charge >= 0.3 is 11.9 Å². The number of carboxylic acid groups (broad SMARTS) is 2. The molecular weight excluding hydrogens is 290 g/mol. The van der Waals surface area contributed by atoms with E-state index in [4.69, 9.17) is 4.74 Å². The van der Waals surface area contributed by atoms with Crippen molar-refractivity contribution in [1.29, 1.82) is 0 Å². The summed E-state index contributed by atoms with van der Waals surface area (Å²) in [4.78, 5) is 33.8. The SMILES string of the molecule is CC(=O)Nc1ccc(CC(OC(C)C)(C(=O)O)C(=O)O)cc1. The van der Waals surface area contributed by atoms with Crippen LogP contribution in [-0.4, -0.2) is 39.8 Å². The summed E-state index contributed by atoms with van der Waals surface area (Å²) in [5, 5.41) is 21.2. The van der Waals surface area contributed by atoms with Gasteiger partial charge in [0.1, 0.15) is 0 Å². The molecule has 0 saturated carbocycles. The summed E-state index contributed by atoms with van der Waals surface area (Å²) in [6.07, 6.45) is -0.887. The highest BCUT2D eigenvalue weighted by Crippen LogP contribution is 2.22. The third-order valence-electron chi connectivity index (χ3n) is 2.86. The largest absolute Gasteiger partial charge is 0.479 e. The zero-order chi connectivity index (χ0) is 16.9. The van der Waals surface area contributed by atoms with Gasteiger partial charge in [0.15, 0.2) is 0 Å². The molecule has 1 rings (SSSR count). The second-order valence-corrected chi connectivity index (χ2v) is 5.16. The highest BCUT2D eigenvalue weighted by atomic mass is 16.6. The van der Waals surface area contributed by atoms with Crippen LogP contribution >= 0.6 is 0 Å². The minimum atomic E-state index is -2.34. The summed E-state index contributed by atoms with van der Waals surface area (Å²) in [5.74, 6) is -3.35. The molecule has 0 saturated heterocycles. The molecule has 0 aliphatic carbocycles. The van der Waals surface area contributed by atoms with Crippen LogP contribution in [0.25, 0.3) is 0 Å². The molecule has 0 atom stereocenters. The van der Waals surface area contributed by atoms with E-state index >= 15 is 0 Å². The summed E-state index contributed by atoms with van der Waals surface area (Å²) in [6, 6.07) is 6.24. The van der Waals surface area contributed by atoms with Crippen LogP contribution in [0.4, 0.5) is 5.69 Å². The van der Waals surface area contributed by atoms with E-state index in [1.54, 1.807) is 38.1 Å². The highest BCUT2D eigenvalue weighted by Gasteiger charge is 2.49. The Balaban J connectivity index is 3.06. The molecule has 0 fully saturated rings. The topological polar surface area (TPSA) is 113 Å². The lowest BCUT2D eigenvalue weighted by molar-refractivity contribution is -0.188. The molecule has 0 aliphatic rings. The minimum absolute atomic E-state index is 0.235. The average Bonchev–Trinajstić information content (AvgIpc) is 2.38. The van der Waals surface area contributed by atoms with Crippen LogP contribution in [0.5, 0.6) is 0 Å². The van der Waals surface area contributed by atoms with Gasteiger partial charge in [-0.1, -0.05) is 12.1 Å². The summed E-state index contributed by atoms with van der Waals surface area (Å²) >= 11 is 0. The number of benzene rings is 1. The third-order valence-corrected chi connectivity index (χ3v) is 2.86. The number of carbonyl (C=O) groups is 3. The van der Waals surface area contributed by atoms with E-state index < -0.39 is 23.6 Å². The number of nitrogens with one attached hydrogen (secondary N) is 1. The predicted octanol–water partition coefficient (Wildman–Crippen LogP) is 1.52. The van der Waals surface area contributed by atoms with E-state index in [1.165, 1.54) is 6.92 Å². The molecule has 22 heavy (non-hydrogen) atoms. The highest BCUT2D eigenvalue weighted by molar-refractivity contribution is 6.02. The van der Waals surface area contributed by atoms with Crippen molar-refractivity contribution in [2.45, 2.75) is 38.9 Å². The number of hydrogen-bond donors (Lipinski definition) is 3. The molecule has 0 aliphatic heterocycles. The first kappa shape index (κ1) is 17.6. The maximum absolute atomic E-state index is 11.5. The first-order chi connectivity index (χ1) is 10.2. The molecule has 1 aromatic carbocycles. The number of carbonyl (C=O) groups excluding carboxylic acids is 1. The molecule has 0 spiro atoms. The summed E-state index contributed by atoms with van der Waals surface area (Å²) in [7, 11) is 0. The number of amides is 1. The van der Waals surface area contributed by atoms with Gasteiger partial charge in [0.05, 0.1) is 6.10 Å². The zero-order valence-electron chi connectivity index (χ0n) is 12.6. The average molecular weight is 309 g/mol. The summed E-state index contributed by atoms with van der Waals surface area (Å²) in [5.41, 5.74) is -1.33. The second kappa shape index (κ2) is 7.04. The molecule has 7 heteroatoms. The van der Waals surface area contributed by atoms with E-state index in [2.05, 4.69) is 5.32 Å². The van der Waals surface area contributed by atoms with Gasteiger partial charge < -0.3 is 20.3 Å². The standard InChI is InChI=1S/C15H19NO6/c1-9(2)22-15(13(18)19,14(20)21)8-11-4-6-12(7-5-11)16-10(3)17/h4-7,9H,8H2,1-3H3,(H,16,17)(H,18,19)(H,20,21). The first-order valence-electron chi connectivity index (χ1n) is 6.68. The van der Waals surface area contributed by atoms with Crippen molar-refractivity contribution in [1.82, 2.24) is 0 Å². The van der Waals surface area contributed by atoms with E-state index in [0.29, 0.717) is 11.3 Å². The van der Waals surface area contributed by atoms with Crippen LogP contribution in [0.2, 0.25) is 0 Å². The van der Waals surface area contributed by atoms with Gasteiger partial charge in [0, 0.05) is 19.0 Å². The van der Waals surface area contributed by atoms with Crippen LogP contribution in [0.3, 0.4) is 0 Å². The van der Waals surface area contributed by atoms with Gasteiger partial charge in [-0.15, -0.1) is 0 Å². The Labute approximate surface area is 127 Å². The Morgan fingerprint density at radius 1 is 1.14 bits per heavy atom. The monoisotopic (exact) mass is 309 g/mol. The lowest BCUT2D eigenvalue weighted by atomic mass is 9.94. The smallest absolute Gasteiger partial charge is 0.348 e. The van der Waals surface area contributed by atoms with E-state index in [0.717, 1.165) is 0 Å². The van der Waals surface area contributed by atoms with Crippen LogP contribution < -0.4 is 5.32 Å². The number of aliphatic carboxylic acids is 2. The number of ether oxygens (including phenoxy) is 1. The van der Waals surface area contributed by atoms with Crippen molar-refractivity contribution >= 4 is 23.5 Å². The molecule has 0 radical (unpaired) electrons. The number of rotatable bonds is 7. The Hall–Kier alpha value is -2.41. The minimum Gasteiger partial charge on any atom is -0.479 e. The van der Waals surface area contributed by atoms with E-state index in [1.807, 2.05) is 0 Å². The van der Waals surface area contributed by atoms with Gasteiger partial charge in [0.2, 0.25) is 5.91 Å². The van der Waals surface area contributed by atoms with Gasteiger partial charge in [-0.25, -0.2) is 9.59 Å².